The van der Waals surface area contributed by atoms with E-state index in [9.17, 15) is 43.2 Å². The standard InChI is InChI=1S/C8H12F6O6S2.C2H6O2/c1-4(7(9,10)11)21(15,16)19-6(3)20-22(17,18)5(2)8(12,13)14;1-2(3)4/h4-6H,1-3H3;2-4H,1H3. The van der Waals surface area contributed by atoms with Crippen LogP contribution in [0.15, 0.2) is 0 Å². The van der Waals surface area contributed by atoms with E-state index in [0.717, 1.165) is 0 Å². The molecule has 0 fully saturated rings. The Morgan fingerprint density at radius 2 is 0.885 bits per heavy atom. The van der Waals surface area contributed by atoms with Crippen molar-refractivity contribution in [2.75, 3.05) is 0 Å². The zero-order valence-electron chi connectivity index (χ0n) is 13.7. The quantitative estimate of drug-likeness (QED) is 0.356. The van der Waals surface area contributed by atoms with Crippen molar-refractivity contribution in [2.24, 2.45) is 0 Å². The Morgan fingerprint density at radius 3 is 1.04 bits per heavy atom. The van der Waals surface area contributed by atoms with Gasteiger partial charge >= 0.3 is 12.4 Å². The summed E-state index contributed by atoms with van der Waals surface area (Å²) in [6, 6.07) is 0. The van der Waals surface area contributed by atoms with Crippen LogP contribution in [0.4, 0.5) is 26.3 Å². The topological polar surface area (TPSA) is 127 Å². The Hall–Kier alpha value is -0.680. The summed E-state index contributed by atoms with van der Waals surface area (Å²) in [5.74, 6) is 0. The van der Waals surface area contributed by atoms with E-state index in [2.05, 4.69) is 8.37 Å². The lowest BCUT2D eigenvalue weighted by molar-refractivity contribution is -0.130. The molecule has 0 aromatic carbocycles. The van der Waals surface area contributed by atoms with Crippen LogP contribution in [0.25, 0.3) is 0 Å². The molecule has 26 heavy (non-hydrogen) atoms. The van der Waals surface area contributed by atoms with Crippen LogP contribution in [-0.2, 0) is 28.6 Å². The van der Waals surface area contributed by atoms with Crippen LogP contribution in [0.1, 0.15) is 27.7 Å². The molecule has 0 heterocycles. The van der Waals surface area contributed by atoms with Crippen molar-refractivity contribution in [3.8, 4) is 0 Å². The molecule has 0 amide bonds. The van der Waals surface area contributed by atoms with E-state index in [-0.39, 0.29) is 13.8 Å². The minimum absolute atomic E-state index is 0.217. The van der Waals surface area contributed by atoms with Gasteiger partial charge in [-0.1, -0.05) is 0 Å². The Labute approximate surface area is 146 Å². The Balaban J connectivity index is 0. The van der Waals surface area contributed by atoms with Crippen LogP contribution < -0.4 is 0 Å². The molecule has 0 bridgehead atoms. The Bertz CT molecular complexity index is 570. The van der Waals surface area contributed by atoms with E-state index >= 15 is 0 Å². The first kappa shape index (κ1) is 27.5. The highest BCUT2D eigenvalue weighted by Crippen LogP contribution is 2.29. The average Bonchev–Trinajstić information content (AvgIpc) is 2.32. The fourth-order valence-electron chi connectivity index (χ4n) is 0.888. The van der Waals surface area contributed by atoms with Crippen molar-refractivity contribution in [3.05, 3.63) is 0 Å². The van der Waals surface area contributed by atoms with Crippen LogP contribution in [0.3, 0.4) is 0 Å². The predicted octanol–water partition coefficient (Wildman–Crippen LogP) is 1.24. The van der Waals surface area contributed by atoms with Crippen molar-refractivity contribution < 1.29 is 61.8 Å². The second-order valence-electron chi connectivity index (χ2n) is 4.75. The summed E-state index contributed by atoms with van der Waals surface area (Å²) in [7, 11) is -10.7. The van der Waals surface area contributed by atoms with Crippen molar-refractivity contribution in [1.29, 1.82) is 0 Å². The van der Waals surface area contributed by atoms with E-state index in [1.165, 1.54) is 6.92 Å². The van der Waals surface area contributed by atoms with E-state index < -0.39 is 55.7 Å². The molecule has 0 saturated heterocycles. The fourth-order valence-corrected chi connectivity index (χ4v) is 2.76. The predicted molar refractivity (Wildman–Crippen MR) is 74.4 cm³/mol. The lowest BCUT2D eigenvalue weighted by Gasteiger charge is -2.21. The second-order valence-corrected chi connectivity index (χ2v) is 8.52. The molecule has 0 rings (SSSR count). The van der Waals surface area contributed by atoms with Crippen molar-refractivity contribution in [3.63, 3.8) is 0 Å². The number of aliphatic hydroxyl groups excluding tert-OH is 1. The van der Waals surface area contributed by atoms with Gasteiger partial charge in [0.15, 0.2) is 16.8 Å². The third-order valence-corrected chi connectivity index (χ3v) is 5.67. The number of alkyl halides is 6. The zero-order valence-corrected chi connectivity index (χ0v) is 15.4. The molecule has 2 N–H and O–H groups in total. The normalized spacial score (nSPS) is 17.3. The van der Waals surface area contributed by atoms with Crippen molar-refractivity contribution in [2.45, 2.75) is 63.1 Å². The summed E-state index contributed by atoms with van der Waals surface area (Å²) in [4.78, 5) is 0. The van der Waals surface area contributed by atoms with E-state index in [1.54, 1.807) is 0 Å². The van der Waals surface area contributed by atoms with Gasteiger partial charge in [-0.15, -0.1) is 0 Å². The first-order valence-electron chi connectivity index (χ1n) is 6.48. The summed E-state index contributed by atoms with van der Waals surface area (Å²) in [5, 5.41) is 9.18. The SMILES string of the molecule is CC(O)O.CC(OS(=O)(=O)C(C)C(F)(F)F)OS(=O)(=O)C(C)C(F)(F)F. The monoisotopic (exact) mass is 444 g/mol. The number of halogens is 6. The molecular weight excluding hydrogens is 426 g/mol. The maximum Gasteiger partial charge on any atom is 0.407 e. The summed E-state index contributed by atoms with van der Waals surface area (Å²) in [5.41, 5.74) is 0. The van der Waals surface area contributed by atoms with E-state index in [4.69, 9.17) is 10.2 Å². The van der Waals surface area contributed by atoms with Gasteiger partial charge in [0, 0.05) is 0 Å². The Kier molecular flexibility index (Phi) is 10.1. The van der Waals surface area contributed by atoms with Crippen molar-refractivity contribution >= 4 is 20.2 Å². The van der Waals surface area contributed by atoms with Gasteiger partial charge in [-0.3, -0.25) is 0 Å². The molecule has 0 aliphatic carbocycles. The molecule has 0 aromatic heterocycles. The third-order valence-electron chi connectivity index (χ3n) is 2.33. The molecule has 2 unspecified atom stereocenters. The maximum absolute atomic E-state index is 12.3. The maximum atomic E-state index is 12.3. The van der Waals surface area contributed by atoms with E-state index in [0.29, 0.717) is 6.92 Å². The van der Waals surface area contributed by atoms with Gasteiger partial charge < -0.3 is 10.2 Å². The fraction of sp³-hybridized carbons (Fsp3) is 1.00. The zero-order chi connectivity index (χ0) is 21.7. The van der Waals surface area contributed by atoms with E-state index in [1.807, 2.05) is 0 Å². The number of aliphatic hydroxyl groups is 2. The number of rotatable bonds is 6. The molecule has 0 radical (unpaired) electrons. The van der Waals surface area contributed by atoms with Gasteiger partial charge in [0.1, 0.15) is 6.29 Å². The molecule has 0 spiro atoms. The average molecular weight is 444 g/mol. The smallest absolute Gasteiger partial charge is 0.368 e. The first-order chi connectivity index (χ1) is 11.1. The molecule has 16 heteroatoms. The third kappa shape index (κ3) is 10.5. The molecule has 2 atom stereocenters. The van der Waals surface area contributed by atoms with Gasteiger partial charge in [-0.05, 0) is 27.7 Å². The van der Waals surface area contributed by atoms with Crippen molar-refractivity contribution in [1.82, 2.24) is 0 Å². The van der Waals surface area contributed by atoms with Crippen LogP contribution in [0, 0.1) is 0 Å². The van der Waals surface area contributed by atoms with Crippen LogP contribution in [0.2, 0.25) is 0 Å². The number of hydrogen-bond acceptors (Lipinski definition) is 8. The minimum Gasteiger partial charge on any atom is -0.368 e. The summed E-state index contributed by atoms with van der Waals surface area (Å²) >= 11 is 0. The molecule has 0 aliphatic rings. The molecule has 8 nitrogen and oxygen atoms in total. The first-order valence-corrected chi connectivity index (χ1v) is 9.42. The molecule has 0 aliphatic heterocycles. The van der Waals surface area contributed by atoms with Gasteiger partial charge in [-0.2, -0.15) is 43.2 Å². The summed E-state index contributed by atoms with van der Waals surface area (Å²) < 4.78 is 126. The van der Waals surface area contributed by atoms with Gasteiger partial charge in [-0.25, -0.2) is 8.37 Å². The highest BCUT2D eigenvalue weighted by Gasteiger charge is 2.49. The molecule has 0 saturated carbocycles. The molecule has 160 valence electrons. The summed E-state index contributed by atoms with van der Waals surface area (Å²) in [6.07, 6.45) is -14.0. The van der Waals surface area contributed by atoms with Gasteiger partial charge in [0.05, 0.1) is 0 Å². The lowest BCUT2D eigenvalue weighted by atomic mass is 10.5. The Morgan fingerprint density at radius 1 is 0.692 bits per heavy atom. The lowest BCUT2D eigenvalue weighted by Crippen LogP contribution is -2.40. The largest absolute Gasteiger partial charge is 0.407 e. The number of hydrogen-bond donors (Lipinski definition) is 2. The van der Waals surface area contributed by atoms with Gasteiger partial charge in [0.25, 0.3) is 20.2 Å². The van der Waals surface area contributed by atoms with Crippen LogP contribution >= 0.6 is 0 Å². The van der Waals surface area contributed by atoms with Crippen LogP contribution in [-0.4, -0.2) is 62.5 Å². The van der Waals surface area contributed by atoms with Gasteiger partial charge in [0.2, 0.25) is 0 Å². The highest BCUT2D eigenvalue weighted by molar-refractivity contribution is 7.88. The second kappa shape index (κ2) is 9.50. The van der Waals surface area contributed by atoms with Crippen LogP contribution in [0.5, 0.6) is 0 Å². The highest BCUT2D eigenvalue weighted by atomic mass is 32.2. The summed E-state index contributed by atoms with van der Waals surface area (Å²) in [6.45, 7) is 2.24. The molecule has 0 aromatic rings. The minimum atomic E-state index is -5.35. The molecular formula is C10H18F6O8S2.